The first-order valence-corrected chi connectivity index (χ1v) is 10.1. The van der Waals surface area contributed by atoms with Crippen molar-refractivity contribution in [2.24, 2.45) is 0 Å². The zero-order valence-corrected chi connectivity index (χ0v) is 17.2. The summed E-state index contributed by atoms with van der Waals surface area (Å²) >= 11 is 9.61. The van der Waals surface area contributed by atoms with Crippen molar-refractivity contribution in [3.05, 3.63) is 53.0 Å². The number of aromatic nitrogens is 3. The monoisotopic (exact) mass is 419 g/mol. The second kappa shape index (κ2) is 7.88. The van der Waals surface area contributed by atoms with Crippen LogP contribution in [0.4, 0.5) is 0 Å². The molecule has 0 aliphatic carbocycles. The molecule has 0 radical (unpaired) electrons. The van der Waals surface area contributed by atoms with Crippen LogP contribution in [0.15, 0.2) is 30.3 Å². The number of alkyl halides is 2. The molecule has 2 heterocycles. The number of benzene rings is 1. The highest BCUT2D eigenvalue weighted by molar-refractivity contribution is 9.09. The number of hydrogen-bond acceptors (Lipinski definition) is 2. The molecule has 0 saturated carbocycles. The number of rotatable bonds is 6. The van der Waals surface area contributed by atoms with Crippen LogP contribution in [0.25, 0.3) is 16.9 Å². The Labute approximate surface area is 162 Å². The molecule has 0 amide bonds. The van der Waals surface area contributed by atoms with E-state index in [2.05, 4.69) is 64.7 Å². The Balaban J connectivity index is 2.17. The molecule has 0 aliphatic rings. The summed E-state index contributed by atoms with van der Waals surface area (Å²) in [5.74, 6) is 1.69. The van der Waals surface area contributed by atoms with Crippen molar-refractivity contribution in [1.29, 1.82) is 0 Å². The van der Waals surface area contributed by atoms with E-state index >= 15 is 0 Å². The van der Waals surface area contributed by atoms with E-state index in [4.69, 9.17) is 21.6 Å². The molecule has 1 aromatic carbocycles. The van der Waals surface area contributed by atoms with E-state index < -0.39 is 0 Å². The van der Waals surface area contributed by atoms with E-state index in [9.17, 15) is 0 Å². The topological polar surface area (TPSA) is 30.7 Å². The molecule has 3 nitrogen and oxygen atoms in total. The SMILES string of the molecule is CCC(Br)Cc1nc2c(C)cc(C)nc2n1-c1ccc(CCCl)cc1. The summed E-state index contributed by atoms with van der Waals surface area (Å²) in [6.07, 6.45) is 2.81. The van der Waals surface area contributed by atoms with E-state index in [1.807, 2.05) is 6.92 Å². The summed E-state index contributed by atoms with van der Waals surface area (Å²) in [5, 5.41) is 0. The third kappa shape index (κ3) is 3.90. The summed E-state index contributed by atoms with van der Waals surface area (Å²) in [6, 6.07) is 10.7. The molecule has 0 aliphatic heterocycles. The van der Waals surface area contributed by atoms with Crippen molar-refractivity contribution in [2.45, 2.75) is 44.9 Å². The molecule has 1 unspecified atom stereocenters. The first kappa shape index (κ1) is 18.4. The predicted octanol–water partition coefficient (Wildman–Crippen LogP) is 5.53. The molecule has 0 saturated heterocycles. The van der Waals surface area contributed by atoms with Gasteiger partial charge in [-0.05, 0) is 56.0 Å². The second-order valence-electron chi connectivity index (χ2n) is 6.43. The molecular formula is C20H23BrClN3. The van der Waals surface area contributed by atoms with Gasteiger partial charge < -0.3 is 0 Å². The van der Waals surface area contributed by atoms with Gasteiger partial charge in [-0.25, -0.2) is 9.97 Å². The zero-order valence-electron chi connectivity index (χ0n) is 14.9. The molecule has 1 atom stereocenters. The lowest BCUT2D eigenvalue weighted by Gasteiger charge is -2.12. The number of hydrogen-bond donors (Lipinski definition) is 0. The van der Waals surface area contributed by atoms with E-state index in [1.165, 1.54) is 11.1 Å². The molecule has 0 bridgehead atoms. The highest BCUT2D eigenvalue weighted by atomic mass is 79.9. The molecule has 132 valence electrons. The van der Waals surface area contributed by atoms with E-state index in [-0.39, 0.29) is 0 Å². The van der Waals surface area contributed by atoms with Crippen LogP contribution < -0.4 is 0 Å². The minimum atomic E-state index is 0.403. The largest absolute Gasteiger partial charge is 0.281 e. The first-order chi connectivity index (χ1) is 12.0. The number of nitrogens with zero attached hydrogens (tertiary/aromatic N) is 3. The minimum Gasteiger partial charge on any atom is -0.281 e. The molecule has 2 aromatic heterocycles. The van der Waals surface area contributed by atoms with Gasteiger partial charge in [0.05, 0.1) is 0 Å². The minimum absolute atomic E-state index is 0.403. The van der Waals surface area contributed by atoms with E-state index in [0.717, 1.165) is 47.6 Å². The van der Waals surface area contributed by atoms with Crippen molar-refractivity contribution in [3.63, 3.8) is 0 Å². The van der Waals surface area contributed by atoms with Gasteiger partial charge in [-0.15, -0.1) is 11.6 Å². The Morgan fingerprint density at radius 1 is 1.16 bits per heavy atom. The van der Waals surface area contributed by atoms with Gasteiger partial charge in [-0.3, -0.25) is 4.57 Å². The molecular weight excluding hydrogens is 398 g/mol. The average Bonchev–Trinajstić information content (AvgIpc) is 2.94. The summed E-state index contributed by atoms with van der Waals surface area (Å²) in [5.41, 5.74) is 6.46. The lowest BCUT2D eigenvalue weighted by atomic mass is 10.1. The fraction of sp³-hybridized carbons (Fsp3) is 0.400. The molecule has 3 rings (SSSR count). The van der Waals surface area contributed by atoms with Crippen molar-refractivity contribution < 1.29 is 0 Å². The van der Waals surface area contributed by atoms with Crippen LogP contribution in [-0.2, 0) is 12.8 Å². The fourth-order valence-corrected chi connectivity index (χ4v) is 3.58. The average molecular weight is 421 g/mol. The third-order valence-corrected chi connectivity index (χ3v) is 5.59. The van der Waals surface area contributed by atoms with Crippen LogP contribution in [0.2, 0.25) is 0 Å². The number of fused-ring (bicyclic) bond motifs is 1. The highest BCUT2D eigenvalue weighted by Crippen LogP contribution is 2.26. The maximum absolute atomic E-state index is 5.86. The number of pyridine rings is 1. The van der Waals surface area contributed by atoms with Crippen molar-refractivity contribution in [3.8, 4) is 5.69 Å². The standard InChI is InChI=1S/C20H23BrClN3/c1-4-16(21)12-18-24-19-13(2)11-14(3)23-20(19)25(18)17-7-5-15(6-8-17)9-10-22/h5-8,11,16H,4,9-10,12H2,1-3H3. The molecule has 5 heteroatoms. The zero-order chi connectivity index (χ0) is 18.0. The van der Waals surface area contributed by atoms with Crippen molar-refractivity contribution in [2.75, 3.05) is 5.88 Å². The van der Waals surface area contributed by atoms with Crippen LogP contribution in [-0.4, -0.2) is 25.2 Å². The quantitative estimate of drug-likeness (QED) is 0.490. The Bertz CT molecular complexity index is 871. The summed E-state index contributed by atoms with van der Waals surface area (Å²) in [6.45, 7) is 6.32. The van der Waals surface area contributed by atoms with Gasteiger partial charge in [0.25, 0.3) is 0 Å². The highest BCUT2D eigenvalue weighted by Gasteiger charge is 2.18. The van der Waals surface area contributed by atoms with Crippen LogP contribution in [0.1, 0.15) is 36.0 Å². The normalized spacial score (nSPS) is 12.7. The van der Waals surface area contributed by atoms with E-state index in [1.54, 1.807) is 0 Å². The van der Waals surface area contributed by atoms with Crippen LogP contribution in [0.3, 0.4) is 0 Å². The Morgan fingerprint density at radius 2 is 1.88 bits per heavy atom. The lowest BCUT2D eigenvalue weighted by molar-refractivity contribution is 0.769. The van der Waals surface area contributed by atoms with Gasteiger partial charge in [0, 0.05) is 28.5 Å². The van der Waals surface area contributed by atoms with E-state index in [0.29, 0.717) is 10.7 Å². The summed E-state index contributed by atoms with van der Waals surface area (Å²) in [4.78, 5) is 10.1. The molecule has 25 heavy (non-hydrogen) atoms. The van der Waals surface area contributed by atoms with Gasteiger partial charge in [0.1, 0.15) is 11.3 Å². The Hall–Kier alpha value is -1.39. The van der Waals surface area contributed by atoms with Gasteiger partial charge >= 0.3 is 0 Å². The van der Waals surface area contributed by atoms with Crippen LogP contribution in [0.5, 0.6) is 0 Å². The number of imidazole rings is 1. The van der Waals surface area contributed by atoms with Gasteiger partial charge in [-0.2, -0.15) is 0 Å². The maximum Gasteiger partial charge on any atom is 0.165 e. The van der Waals surface area contributed by atoms with Crippen molar-refractivity contribution in [1.82, 2.24) is 14.5 Å². The number of aryl methyl sites for hydroxylation is 3. The van der Waals surface area contributed by atoms with Crippen LogP contribution in [0, 0.1) is 13.8 Å². The third-order valence-electron chi connectivity index (χ3n) is 4.43. The first-order valence-electron chi connectivity index (χ1n) is 8.68. The van der Waals surface area contributed by atoms with Crippen LogP contribution >= 0.6 is 27.5 Å². The van der Waals surface area contributed by atoms with Gasteiger partial charge in [0.2, 0.25) is 0 Å². The second-order valence-corrected chi connectivity index (χ2v) is 8.10. The lowest BCUT2D eigenvalue weighted by Crippen LogP contribution is -2.09. The summed E-state index contributed by atoms with van der Waals surface area (Å²) in [7, 11) is 0. The fourth-order valence-electron chi connectivity index (χ4n) is 3.08. The predicted molar refractivity (Wildman–Crippen MR) is 109 cm³/mol. The van der Waals surface area contributed by atoms with Gasteiger partial charge in [0.15, 0.2) is 5.65 Å². The van der Waals surface area contributed by atoms with Gasteiger partial charge in [-0.1, -0.05) is 35.0 Å². The van der Waals surface area contributed by atoms with Crippen molar-refractivity contribution >= 4 is 38.7 Å². The maximum atomic E-state index is 5.86. The molecule has 3 aromatic rings. The Morgan fingerprint density at radius 3 is 2.52 bits per heavy atom. The molecule has 0 N–H and O–H groups in total. The smallest absolute Gasteiger partial charge is 0.165 e. The summed E-state index contributed by atoms with van der Waals surface area (Å²) < 4.78 is 2.20. The molecule has 0 spiro atoms. The number of halogens is 2. The molecule has 0 fully saturated rings. The Kier molecular flexibility index (Phi) is 5.80.